The van der Waals surface area contributed by atoms with Gasteiger partial charge in [-0.1, -0.05) is 76.7 Å². The standard InChI is InChI=1S/C28H36N2O10S3.3Na/c1-19(2)10-8-6-4-3-5-7-9-11-20-12-14-22(15-13-20)29-30-27-25(43(38,39)40)17-21-16-23(41(32,33)34)18-24(42(35,36)37)26(21)28(27)31;;;/h12-19,31H,3-11H2,1-2H3,(H,32,33,34)(H,35,36,37)(H,38,39,40);;;/q;3*+1/p-3. The average molecular weight is 723 g/mol. The van der Waals surface area contributed by atoms with Gasteiger partial charge in [0.05, 0.1) is 21.2 Å². The summed E-state index contributed by atoms with van der Waals surface area (Å²) in [4.78, 5) is -3.68. The van der Waals surface area contributed by atoms with E-state index in [1.54, 1.807) is 24.3 Å². The molecule has 0 aliphatic carbocycles. The van der Waals surface area contributed by atoms with Crippen LogP contribution in [0.25, 0.3) is 10.8 Å². The summed E-state index contributed by atoms with van der Waals surface area (Å²) in [6.45, 7) is 4.47. The van der Waals surface area contributed by atoms with Crippen molar-refractivity contribution in [3.63, 3.8) is 0 Å². The molecule has 0 unspecified atom stereocenters. The fourth-order valence-electron chi connectivity index (χ4n) is 4.64. The molecule has 0 saturated heterocycles. The molecule has 3 aromatic carbocycles. The summed E-state index contributed by atoms with van der Waals surface area (Å²) in [5, 5.41) is 19.1. The van der Waals surface area contributed by atoms with Crippen molar-refractivity contribution in [3.8, 4) is 5.75 Å². The first-order chi connectivity index (χ1) is 20.0. The van der Waals surface area contributed by atoms with Crippen molar-refractivity contribution in [2.45, 2.75) is 86.3 Å². The molecule has 0 aliphatic heterocycles. The SMILES string of the molecule is CC(C)CCCCCCCCCc1ccc(N=Nc2c(S(=O)(=O)O)cc3cc(S(=O)(=O)[O-])cc(S(=O)(=O)[O-])c3c2[O-])cc1.[Na+].[Na+].[Na+]. The first kappa shape index (κ1) is 46.1. The van der Waals surface area contributed by atoms with E-state index in [-0.39, 0.29) is 100 Å². The summed E-state index contributed by atoms with van der Waals surface area (Å²) in [7, 11) is -16.0. The quantitative estimate of drug-likeness (QED) is 0.0714. The maximum atomic E-state index is 13.2. The number of hydrogen-bond acceptors (Lipinski definition) is 11. The number of fused-ring (bicyclic) bond motifs is 1. The van der Waals surface area contributed by atoms with Gasteiger partial charge in [0.25, 0.3) is 10.1 Å². The van der Waals surface area contributed by atoms with Crippen molar-refractivity contribution in [3.05, 3.63) is 48.0 Å². The van der Waals surface area contributed by atoms with Gasteiger partial charge in [0, 0.05) is 0 Å². The minimum Gasteiger partial charge on any atom is -0.870 e. The van der Waals surface area contributed by atoms with E-state index in [0.29, 0.717) is 12.1 Å². The second kappa shape index (κ2) is 20.0. The van der Waals surface area contributed by atoms with Gasteiger partial charge in [-0.05, 0) is 65.4 Å². The van der Waals surface area contributed by atoms with Crippen LogP contribution >= 0.6 is 0 Å². The van der Waals surface area contributed by atoms with Crippen LogP contribution in [0.4, 0.5) is 11.4 Å². The molecule has 0 bridgehead atoms. The van der Waals surface area contributed by atoms with Crippen LogP contribution in [0.5, 0.6) is 5.75 Å². The summed E-state index contributed by atoms with van der Waals surface area (Å²) in [5.74, 6) is -0.691. The monoisotopic (exact) mass is 722 g/mol. The fraction of sp³-hybridized carbons (Fsp3) is 0.429. The van der Waals surface area contributed by atoms with E-state index in [1.807, 2.05) is 0 Å². The molecule has 0 heterocycles. The molecule has 0 aliphatic rings. The number of nitrogens with zero attached hydrogens (tertiary/aromatic N) is 2. The Balaban J connectivity index is 0.00000675. The largest absolute Gasteiger partial charge is 1.00 e. The Labute approximate surface area is 337 Å². The molecule has 236 valence electrons. The van der Waals surface area contributed by atoms with Crippen LogP contribution in [-0.2, 0) is 36.8 Å². The number of rotatable bonds is 15. The molecule has 3 rings (SSSR count). The summed E-state index contributed by atoms with van der Waals surface area (Å²) in [6, 6.07) is 8.00. The molecular formula is C28H33N2Na3O10S3. The topological polar surface area (TPSA) is 217 Å². The van der Waals surface area contributed by atoms with Crippen LogP contribution in [0.2, 0.25) is 0 Å². The average Bonchev–Trinajstić information content (AvgIpc) is 2.89. The van der Waals surface area contributed by atoms with Gasteiger partial charge < -0.3 is 14.2 Å². The second-order valence-electron chi connectivity index (χ2n) is 10.7. The zero-order valence-corrected chi connectivity index (χ0v) is 35.2. The molecular weight excluding hydrogens is 689 g/mol. The maximum Gasteiger partial charge on any atom is 1.00 e. The third-order valence-corrected chi connectivity index (χ3v) is 9.39. The van der Waals surface area contributed by atoms with E-state index in [0.717, 1.165) is 37.2 Å². The number of aryl methyl sites for hydroxylation is 1. The molecule has 0 spiro atoms. The normalized spacial score (nSPS) is 12.1. The first-order valence-corrected chi connectivity index (χ1v) is 18.0. The van der Waals surface area contributed by atoms with E-state index >= 15 is 0 Å². The van der Waals surface area contributed by atoms with E-state index < -0.39 is 67.3 Å². The van der Waals surface area contributed by atoms with E-state index in [2.05, 4.69) is 24.1 Å². The number of unbranched alkanes of at least 4 members (excludes halogenated alkanes) is 6. The minimum absolute atomic E-state index is 0. The fourth-order valence-corrected chi connectivity index (χ4v) is 6.64. The van der Waals surface area contributed by atoms with Crippen molar-refractivity contribution < 1.29 is 133 Å². The van der Waals surface area contributed by atoms with Gasteiger partial charge >= 0.3 is 88.7 Å². The zero-order chi connectivity index (χ0) is 32.0. The third kappa shape index (κ3) is 13.8. The summed E-state index contributed by atoms with van der Waals surface area (Å²) in [6.07, 6.45) is 10.3. The second-order valence-corrected chi connectivity index (χ2v) is 14.8. The Hall–Kier alpha value is 0.0500. The molecule has 0 aromatic heterocycles. The number of azo groups is 1. The van der Waals surface area contributed by atoms with Crippen LogP contribution in [0, 0.1) is 5.92 Å². The molecule has 0 radical (unpaired) electrons. The molecule has 46 heavy (non-hydrogen) atoms. The molecule has 18 heteroatoms. The van der Waals surface area contributed by atoms with Gasteiger partial charge in [-0.2, -0.15) is 13.5 Å². The molecule has 0 saturated carbocycles. The van der Waals surface area contributed by atoms with Crippen LogP contribution in [0.15, 0.2) is 67.4 Å². The van der Waals surface area contributed by atoms with Crippen LogP contribution < -0.4 is 93.8 Å². The number of hydrogen-bond donors (Lipinski definition) is 1. The van der Waals surface area contributed by atoms with Gasteiger partial charge in [0.15, 0.2) is 0 Å². The Morgan fingerprint density at radius 3 is 1.76 bits per heavy atom. The predicted octanol–water partition coefficient (Wildman–Crippen LogP) is -3.28. The van der Waals surface area contributed by atoms with Gasteiger partial charge in [0.1, 0.15) is 25.1 Å². The van der Waals surface area contributed by atoms with E-state index in [1.165, 1.54) is 32.1 Å². The third-order valence-electron chi connectivity index (χ3n) is 6.85. The Kier molecular flexibility index (Phi) is 20.1. The molecule has 0 amide bonds. The molecule has 0 atom stereocenters. The minimum atomic E-state index is -5.53. The van der Waals surface area contributed by atoms with Crippen LogP contribution in [0.3, 0.4) is 0 Å². The van der Waals surface area contributed by atoms with Gasteiger partial charge in [-0.3, -0.25) is 4.55 Å². The van der Waals surface area contributed by atoms with Gasteiger partial charge in [-0.15, -0.1) is 5.11 Å². The van der Waals surface area contributed by atoms with Crippen molar-refractivity contribution in [2.24, 2.45) is 16.1 Å². The van der Waals surface area contributed by atoms with E-state index in [4.69, 9.17) is 0 Å². The summed E-state index contributed by atoms with van der Waals surface area (Å²) < 4.78 is 104. The smallest absolute Gasteiger partial charge is 0.870 e. The van der Waals surface area contributed by atoms with Crippen LogP contribution in [0.1, 0.15) is 70.8 Å². The van der Waals surface area contributed by atoms with Crippen molar-refractivity contribution in [1.82, 2.24) is 0 Å². The summed E-state index contributed by atoms with van der Waals surface area (Å²) >= 11 is 0. The Bertz CT molecular complexity index is 1820. The maximum absolute atomic E-state index is 13.2. The first-order valence-electron chi connectivity index (χ1n) is 13.7. The molecule has 1 N–H and O–H groups in total. The summed E-state index contributed by atoms with van der Waals surface area (Å²) in [5.41, 5.74) is 0.223. The zero-order valence-electron chi connectivity index (χ0n) is 26.7. The van der Waals surface area contributed by atoms with Crippen molar-refractivity contribution in [2.75, 3.05) is 0 Å². The molecule has 3 aromatic rings. The molecule has 0 fully saturated rings. The molecule has 12 nitrogen and oxygen atoms in total. The number of benzene rings is 3. The predicted molar refractivity (Wildman–Crippen MR) is 155 cm³/mol. The van der Waals surface area contributed by atoms with Gasteiger partial charge in [-0.25, -0.2) is 16.8 Å². The van der Waals surface area contributed by atoms with Crippen LogP contribution in [-0.4, -0.2) is 38.9 Å². The van der Waals surface area contributed by atoms with Crippen molar-refractivity contribution in [1.29, 1.82) is 0 Å². The van der Waals surface area contributed by atoms with Crippen molar-refractivity contribution >= 4 is 52.5 Å². The van der Waals surface area contributed by atoms with Gasteiger partial charge in [0.2, 0.25) is 0 Å². The Morgan fingerprint density at radius 1 is 0.717 bits per heavy atom. The Morgan fingerprint density at radius 2 is 1.26 bits per heavy atom. The van der Waals surface area contributed by atoms with E-state index in [9.17, 15) is 44.0 Å².